The van der Waals surface area contributed by atoms with Crippen LogP contribution in [-0.2, 0) is 14.8 Å². The lowest BCUT2D eigenvalue weighted by Gasteiger charge is -2.11. The number of carbonyl (C=O) groups excluding carboxylic acids is 1. The van der Waals surface area contributed by atoms with Gasteiger partial charge in [0, 0.05) is 13.1 Å². The Kier molecular flexibility index (Phi) is 7.38. The molecule has 120 valence electrons. The Hall–Kier alpha value is -0.380. The van der Waals surface area contributed by atoms with Crippen molar-refractivity contribution >= 4 is 51.3 Å². The molecule has 1 amide bonds. The number of halogens is 2. The van der Waals surface area contributed by atoms with Crippen LogP contribution in [0.1, 0.15) is 12.8 Å². The van der Waals surface area contributed by atoms with Gasteiger partial charge in [-0.2, -0.15) is 0 Å². The lowest BCUT2D eigenvalue weighted by atomic mass is 10.2. The zero-order chi connectivity index (χ0) is 14.6. The first-order valence-electron chi connectivity index (χ1n) is 6.25. The summed E-state index contributed by atoms with van der Waals surface area (Å²) in [5.41, 5.74) is 0. The summed E-state index contributed by atoms with van der Waals surface area (Å²) >= 11 is 6.70. The van der Waals surface area contributed by atoms with E-state index in [2.05, 4.69) is 15.4 Å². The van der Waals surface area contributed by atoms with E-state index in [1.165, 1.54) is 12.1 Å². The number of nitrogens with one attached hydrogen (secondary N) is 3. The molecule has 0 bridgehead atoms. The molecule has 0 aromatic carbocycles. The first-order valence-corrected chi connectivity index (χ1v) is 8.93. The third-order valence-corrected chi connectivity index (χ3v) is 6.09. The van der Waals surface area contributed by atoms with Crippen molar-refractivity contribution in [1.29, 1.82) is 0 Å². The number of amides is 1. The molecule has 1 aromatic rings. The summed E-state index contributed by atoms with van der Waals surface area (Å²) in [4.78, 5) is 11.7. The van der Waals surface area contributed by atoms with Crippen molar-refractivity contribution in [3.05, 3.63) is 16.5 Å². The lowest BCUT2D eigenvalue weighted by molar-refractivity contribution is -0.122. The molecule has 1 fully saturated rings. The number of hydrogen-bond acceptors (Lipinski definition) is 5. The highest BCUT2D eigenvalue weighted by molar-refractivity contribution is 7.91. The molecule has 0 radical (unpaired) electrons. The van der Waals surface area contributed by atoms with Crippen LogP contribution in [0.5, 0.6) is 0 Å². The summed E-state index contributed by atoms with van der Waals surface area (Å²) in [6.45, 7) is 1.26. The topological polar surface area (TPSA) is 87.3 Å². The Balaban J connectivity index is 0.00000220. The van der Waals surface area contributed by atoms with Gasteiger partial charge < -0.3 is 10.6 Å². The summed E-state index contributed by atoms with van der Waals surface area (Å²) in [7, 11) is -3.54. The highest BCUT2D eigenvalue weighted by Crippen LogP contribution is 2.25. The maximum absolute atomic E-state index is 11.9. The minimum absolute atomic E-state index is 0. The largest absolute Gasteiger partial charge is 0.353 e. The fourth-order valence-electron chi connectivity index (χ4n) is 1.92. The van der Waals surface area contributed by atoms with E-state index in [0.29, 0.717) is 4.34 Å². The predicted molar refractivity (Wildman–Crippen MR) is 85.8 cm³/mol. The molecular formula is C11H17Cl2N3O3S2. The first-order chi connectivity index (χ1) is 9.49. The van der Waals surface area contributed by atoms with Crippen LogP contribution in [0, 0.1) is 0 Å². The SMILES string of the molecule is Cl.O=C(NCCNS(=O)(=O)c1ccc(Cl)s1)C1CCCN1. The summed E-state index contributed by atoms with van der Waals surface area (Å²) in [5.74, 6) is -0.0825. The summed E-state index contributed by atoms with van der Waals surface area (Å²) in [6, 6.07) is 2.84. The number of carbonyl (C=O) groups is 1. The third kappa shape index (κ3) is 5.39. The maximum atomic E-state index is 11.9. The van der Waals surface area contributed by atoms with Crippen molar-refractivity contribution in [3.8, 4) is 0 Å². The second-order valence-corrected chi connectivity index (χ2v) is 8.11. The number of rotatable bonds is 6. The minimum Gasteiger partial charge on any atom is -0.353 e. The molecule has 0 aliphatic carbocycles. The van der Waals surface area contributed by atoms with Gasteiger partial charge in [0.2, 0.25) is 15.9 Å². The van der Waals surface area contributed by atoms with Gasteiger partial charge in [-0.25, -0.2) is 13.1 Å². The molecule has 10 heteroatoms. The molecular weight excluding hydrogens is 357 g/mol. The highest BCUT2D eigenvalue weighted by atomic mass is 35.5. The van der Waals surface area contributed by atoms with Crippen molar-refractivity contribution in [2.75, 3.05) is 19.6 Å². The van der Waals surface area contributed by atoms with Gasteiger partial charge in [0.25, 0.3) is 0 Å². The van der Waals surface area contributed by atoms with Crippen molar-refractivity contribution in [2.24, 2.45) is 0 Å². The van der Waals surface area contributed by atoms with Crippen LogP contribution >= 0.6 is 35.3 Å². The molecule has 1 unspecified atom stereocenters. The van der Waals surface area contributed by atoms with E-state index in [1.54, 1.807) is 0 Å². The van der Waals surface area contributed by atoms with Gasteiger partial charge in [-0.05, 0) is 31.5 Å². The molecule has 3 N–H and O–H groups in total. The number of hydrogen-bond donors (Lipinski definition) is 3. The predicted octanol–water partition coefficient (Wildman–Crippen LogP) is 0.970. The lowest BCUT2D eigenvalue weighted by Crippen LogP contribution is -2.43. The number of sulfonamides is 1. The Labute approximate surface area is 139 Å². The zero-order valence-corrected chi connectivity index (χ0v) is 14.3. The smallest absolute Gasteiger partial charge is 0.250 e. The van der Waals surface area contributed by atoms with E-state index >= 15 is 0 Å². The van der Waals surface area contributed by atoms with Crippen molar-refractivity contribution in [1.82, 2.24) is 15.4 Å². The van der Waals surface area contributed by atoms with Crippen LogP contribution in [0.15, 0.2) is 16.3 Å². The molecule has 1 atom stereocenters. The molecule has 1 aromatic heterocycles. The fourth-order valence-corrected chi connectivity index (χ4v) is 4.48. The van der Waals surface area contributed by atoms with Crippen molar-refractivity contribution in [3.63, 3.8) is 0 Å². The Bertz CT molecular complexity index is 571. The van der Waals surface area contributed by atoms with E-state index in [1.807, 2.05) is 0 Å². The van der Waals surface area contributed by atoms with E-state index in [0.717, 1.165) is 30.7 Å². The van der Waals surface area contributed by atoms with Crippen LogP contribution in [-0.4, -0.2) is 40.0 Å². The summed E-state index contributed by atoms with van der Waals surface area (Å²) in [6.07, 6.45) is 1.81. The van der Waals surface area contributed by atoms with Gasteiger partial charge in [0.1, 0.15) is 4.21 Å². The zero-order valence-electron chi connectivity index (χ0n) is 11.1. The Morgan fingerprint density at radius 1 is 1.43 bits per heavy atom. The van der Waals surface area contributed by atoms with Crippen LogP contribution in [0.4, 0.5) is 0 Å². The van der Waals surface area contributed by atoms with Gasteiger partial charge in [-0.1, -0.05) is 11.6 Å². The molecule has 1 aliphatic rings. The van der Waals surface area contributed by atoms with Crippen LogP contribution in [0.2, 0.25) is 4.34 Å². The van der Waals surface area contributed by atoms with E-state index in [9.17, 15) is 13.2 Å². The van der Waals surface area contributed by atoms with Crippen LogP contribution < -0.4 is 15.4 Å². The molecule has 0 saturated carbocycles. The normalized spacial score (nSPS) is 18.2. The van der Waals surface area contributed by atoms with E-state index < -0.39 is 10.0 Å². The second-order valence-electron chi connectivity index (χ2n) is 4.40. The summed E-state index contributed by atoms with van der Waals surface area (Å²) < 4.78 is 26.7. The van der Waals surface area contributed by atoms with Gasteiger partial charge in [0.05, 0.1) is 10.4 Å². The Morgan fingerprint density at radius 2 is 2.19 bits per heavy atom. The molecule has 1 saturated heterocycles. The molecule has 2 rings (SSSR count). The minimum atomic E-state index is -3.54. The first kappa shape index (κ1) is 18.7. The second kappa shape index (κ2) is 8.30. The highest BCUT2D eigenvalue weighted by Gasteiger charge is 2.21. The fraction of sp³-hybridized carbons (Fsp3) is 0.545. The van der Waals surface area contributed by atoms with Gasteiger partial charge >= 0.3 is 0 Å². The van der Waals surface area contributed by atoms with Crippen LogP contribution in [0.25, 0.3) is 0 Å². The average molecular weight is 374 g/mol. The van der Waals surface area contributed by atoms with E-state index in [-0.39, 0.29) is 41.7 Å². The van der Waals surface area contributed by atoms with Gasteiger partial charge in [-0.15, -0.1) is 23.7 Å². The Morgan fingerprint density at radius 3 is 2.76 bits per heavy atom. The molecule has 0 spiro atoms. The quantitative estimate of drug-likeness (QED) is 0.648. The van der Waals surface area contributed by atoms with Gasteiger partial charge in [-0.3, -0.25) is 4.79 Å². The average Bonchev–Trinajstić information content (AvgIpc) is 3.05. The van der Waals surface area contributed by atoms with Crippen molar-refractivity contribution in [2.45, 2.75) is 23.1 Å². The summed E-state index contributed by atoms with van der Waals surface area (Å²) in [5, 5.41) is 5.78. The van der Waals surface area contributed by atoms with Crippen LogP contribution in [0.3, 0.4) is 0 Å². The maximum Gasteiger partial charge on any atom is 0.250 e. The molecule has 21 heavy (non-hydrogen) atoms. The monoisotopic (exact) mass is 373 g/mol. The standard InChI is InChI=1S/C11H16ClN3O3S2.ClH/c12-9-3-4-10(19-9)20(17,18)15-7-6-14-11(16)8-2-1-5-13-8;/h3-4,8,13,15H,1-2,5-7H2,(H,14,16);1H. The molecule has 2 heterocycles. The van der Waals surface area contributed by atoms with Crippen molar-refractivity contribution < 1.29 is 13.2 Å². The third-order valence-electron chi connectivity index (χ3n) is 2.91. The van der Waals surface area contributed by atoms with E-state index in [4.69, 9.17) is 11.6 Å². The molecule has 6 nitrogen and oxygen atoms in total. The molecule has 1 aliphatic heterocycles. The van der Waals surface area contributed by atoms with Gasteiger partial charge in [0.15, 0.2) is 0 Å². The number of thiophene rings is 1.